The summed E-state index contributed by atoms with van der Waals surface area (Å²) in [5, 5.41) is 2.96. The van der Waals surface area contributed by atoms with Crippen LogP contribution in [0.4, 0.5) is 0 Å². The summed E-state index contributed by atoms with van der Waals surface area (Å²) in [6.45, 7) is 8.41. The van der Waals surface area contributed by atoms with Gasteiger partial charge in [0.2, 0.25) is 5.91 Å². The van der Waals surface area contributed by atoms with Gasteiger partial charge >= 0.3 is 0 Å². The zero-order chi connectivity index (χ0) is 14.5. The molecule has 114 valence electrons. The number of hydrogen-bond donors (Lipinski definition) is 2. The van der Waals surface area contributed by atoms with Gasteiger partial charge in [0, 0.05) is 31.7 Å². The highest BCUT2D eigenvalue weighted by Crippen LogP contribution is 2.08. The van der Waals surface area contributed by atoms with Gasteiger partial charge in [0.15, 0.2) is 0 Å². The van der Waals surface area contributed by atoms with Gasteiger partial charge in [-0.1, -0.05) is 26.7 Å². The van der Waals surface area contributed by atoms with E-state index in [1.54, 1.807) is 0 Å². The van der Waals surface area contributed by atoms with Gasteiger partial charge in [-0.3, -0.25) is 4.79 Å². The van der Waals surface area contributed by atoms with Crippen molar-refractivity contribution < 1.29 is 9.53 Å². The van der Waals surface area contributed by atoms with E-state index in [0.29, 0.717) is 6.54 Å². The fraction of sp³-hybridized carbons (Fsp3) is 0.933. The standard InChI is InChI=1S/C15H32N2O2/c1-4-5-11-19-12-7-10-17-15(18)13(2)8-6-9-14(3)16/h13-14H,4-12,16H2,1-3H3,(H,17,18). The van der Waals surface area contributed by atoms with Gasteiger partial charge in [-0.25, -0.2) is 0 Å². The Kier molecular flexibility index (Phi) is 12.0. The van der Waals surface area contributed by atoms with Crippen molar-refractivity contribution in [3.63, 3.8) is 0 Å². The summed E-state index contributed by atoms with van der Waals surface area (Å²) in [5.41, 5.74) is 5.69. The Bertz CT molecular complexity index is 220. The predicted octanol–water partition coefficient (Wildman–Crippen LogP) is 2.46. The Morgan fingerprint density at radius 1 is 1.16 bits per heavy atom. The summed E-state index contributed by atoms with van der Waals surface area (Å²) in [4.78, 5) is 11.8. The monoisotopic (exact) mass is 272 g/mol. The maximum Gasteiger partial charge on any atom is 0.222 e. The third-order valence-electron chi connectivity index (χ3n) is 3.15. The minimum Gasteiger partial charge on any atom is -0.381 e. The zero-order valence-corrected chi connectivity index (χ0v) is 12.9. The van der Waals surface area contributed by atoms with E-state index in [0.717, 1.165) is 51.7 Å². The Labute approximate surface area is 118 Å². The van der Waals surface area contributed by atoms with Crippen molar-refractivity contribution >= 4 is 5.91 Å². The molecule has 0 heterocycles. The summed E-state index contributed by atoms with van der Waals surface area (Å²) < 4.78 is 5.44. The van der Waals surface area contributed by atoms with Gasteiger partial charge < -0.3 is 15.8 Å². The van der Waals surface area contributed by atoms with Crippen molar-refractivity contribution in [2.45, 2.75) is 65.3 Å². The molecule has 2 unspecified atom stereocenters. The molecule has 0 aliphatic heterocycles. The SMILES string of the molecule is CCCCOCCCNC(=O)C(C)CCCC(C)N. The highest BCUT2D eigenvalue weighted by atomic mass is 16.5. The number of carbonyl (C=O) groups is 1. The van der Waals surface area contributed by atoms with Crippen molar-refractivity contribution in [3.8, 4) is 0 Å². The van der Waals surface area contributed by atoms with E-state index in [2.05, 4.69) is 12.2 Å². The molecule has 19 heavy (non-hydrogen) atoms. The van der Waals surface area contributed by atoms with Crippen molar-refractivity contribution in [1.29, 1.82) is 0 Å². The maximum absolute atomic E-state index is 11.8. The van der Waals surface area contributed by atoms with Gasteiger partial charge in [0.1, 0.15) is 0 Å². The van der Waals surface area contributed by atoms with Crippen LogP contribution < -0.4 is 11.1 Å². The van der Waals surface area contributed by atoms with Crippen LogP contribution in [0.2, 0.25) is 0 Å². The lowest BCUT2D eigenvalue weighted by Crippen LogP contribution is -2.30. The number of amides is 1. The van der Waals surface area contributed by atoms with E-state index in [1.165, 1.54) is 0 Å². The third-order valence-corrected chi connectivity index (χ3v) is 3.15. The van der Waals surface area contributed by atoms with E-state index < -0.39 is 0 Å². The van der Waals surface area contributed by atoms with Crippen LogP contribution in [-0.2, 0) is 9.53 Å². The smallest absolute Gasteiger partial charge is 0.222 e. The molecular formula is C15H32N2O2. The number of unbranched alkanes of at least 4 members (excludes halogenated alkanes) is 1. The third kappa shape index (κ3) is 12.2. The van der Waals surface area contributed by atoms with Crippen LogP contribution in [-0.4, -0.2) is 31.7 Å². The first-order chi connectivity index (χ1) is 9.07. The van der Waals surface area contributed by atoms with Crippen molar-refractivity contribution in [2.75, 3.05) is 19.8 Å². The minimum atomic E-state index is 0.0831. The number of rotatable bonds is 12. The number of nitrogens with one attached hydrogen (secondary N) is 1. The predicted molar refractivity (Wildman–Crippen MR) is 80.0 cm³/mol. The summed E-state index contributed by atoms with van der Waals surface area (Å²) in [7, 11) is 0. The van der Waals surface area contributed by atoms with Gasteiger partial charge in [0.25, 0.3) is 0 Å². The first kappa shape index (κ1) is 18.4. The largest absolute Gasteiger partial charge is 0.381 e. The molecule has 0 saturated heterocycles. The van der Waals surface area contributed by atoms with Crippen LogP contribution in [0.3, 0.4) is 0 Å². The first-order valence-corrected chi connectivity index (χ1v) is 7.69. The lowest BCUT2D eigenvalue weighted by molar-refractivity contribution is -0.124. The van der Waals surface area contributed by atoms with E-state index in [9.17, 15) is 4.79 Å². The zero-order valence-electron chi connectivity index (χ0n) is 12.9. The minimum absolute atomic E-state index is 0.0831. The second-order valence-electron chi connectivity index (χ2n) is 5.42. The topological polar surface area (TPSA) is 64.3 Å². The Morgan fingerprint density at radius 2 is 1.84 bits per heavy atom. The lowest BCUT2D eigenvalue weighted by Gasteiger charge is -2.13. The van der Waals surface area contributed by atoms with Crippen molar-refractivity contribution in [3.05, 3.63) is 0 Å². The summed E-state index contributed by atoms with van der Waals surface area (Å²) in [6.07, 6.45) is 6.09. The highest BCUT2D eigenvalue weighted by Gasteiger charge is 2.11. The maximum atomic E-state index is 11.8. The van der Waals surface area contributed by atoms with Crippen LogP contribution >= 0.6 is 0 Å². The fourth-order valence-corrected chi connectivity index (χ4v) is 1.79. The Balaban J connectivity index is 3.41. The van der Waals surface area contributed by atoms with E-state index >= 15 is 0 Å². The molecule has 0 aliphatic carbocycles. The molecule has 2 atom stereocenters. The molecule has 0 spiro atoms. The molecule has 4 heteroatoms. The molecule has 0 bridgehead atoms. The second-order valence-corrected chi connectivity index (χ2v) is 5.42. The van der Waals surface area contributed by atoms with E-state index in [-0.39, 0.29) is 17.9 Å². The van der Waals surface area contributed by atoms with E-state index in [4.69, 9.17) is 10.5 Å². The average Bonchev–Trinajstić information content (AvgIpc) is 2.36. The number of hydrogen-bond acceptors (Lipinski definition) is 3. The van der Waals surface area contributed by atoms with Crippen LogP contribution in [0.5, 0.6) is 0 Å². The van der Waals surface area contributed by atoms with Crippen molar-refractivity contribution in [2.24, 2.45) is 11.7 Å². The molecule has 0 aliphatic rings. The summed E-state index contributed by atoms with van der Waals surface area (Å²) in [6, 6.07) is 0.232. The molecule has 0 radical (unpaired) electrons. The molecule has 1 amide bonds. The van der Waals surface area contributed by atoms with E-state index in [1.807, 2.05) is 13.8 Å². The summed E-state index contributed by atoms with van der Waals surface area (Å²) in [5.74, 6) is 0.234. The van der Waals surface area contributed by atoms with Crippen molar-refractivity contribution in [1.82, 2.24) is 5.32 Å². The van der Waals surface area contributed by atoms with Gasteiger partial charge in [-0.15, -0.1) is 0 Å². The molecule has 0 saturated carbocycles. The molecule has 0 aromatic carbocycles. The Hall–Kier alpha value is -0.610. The molecule has 4 nitrogen and oxygen atoms in total. The number of nitrogens with two attached hydrogens (primary N) is 1. The van der Waals surface area contributed by atoms with Crippen LogP contribution in [0.25, 0.3) is 0 Å². The summed E-state index contributed by atoms with van der Waals surface area (Å²) >= 11 is 0. The van der Waals surface area contributed by atoms with Gasteiger partial charge in [-0.05, 0) is 32.6 Å². The molecule has 0 aromatic rings. The molecule has 0 rings (SSSR count). The molecule has 0 fully saturated rings. The quantitative estimate of drug-likeness (QED) is 0.536. The van der Waals surface area contributed by atoms with Crippen LogP contribution in [0.15, 0.2) is 0 Å². The number of ether oxygens (including phenoxy) is 1. The normalized spacial score (nSPS) is 14.1. The Morgan fingerprint density at radius 3 is 2.47 bits per heavy atom. The highest BCUT2D eigenvalue weighted by molar-refractivity contribution is 5.78. The van der Waals surface area contributed by atoms with Gasteiger partial charge in [-0.2, -0.15) is 0 Å². The lowest BCUT2D eigenvalue weighted by atomic mass is 10.0. The van der Waals surface area contributed by atoms with Crippen LogP contribution in [0, 0.1) is 5.92 Å². The number of carbonyl (C=O) groups excluding carboxylic acids is 1. The molecule has 0 aromatic heterocycles. The molecule has 3 N–H and O–H groups in total. The first-order valence-electron chi connectivity index (χ1n) is 7.69. The second kappa shape index (κ2) is 12.4. The fourth-order valence-electron chi connectivity index (χ4n) is 1.79. The average molecular weight is 272 g/mol. The molecular weight excluding hydrogens is 240 g/mol. The van der Waals surface area contributed by atoms with Gasteiger partial charge in [0.05, 0.1) is 0 Å². The van der Waals surface area contributed by atoms with Crippen LogP contribution in [0.1, 0.15) is 59.3 Å².